The van der Waals surface area contributed by atoms with Crippen LogP contribution in [0.3, 0.4) is 0 Å². The fourth-order valence-corrected chi connectivity index (χ4v) is 1.07. The monoisotopic (exact) mass is 207 g/mol. The molecular weight excluding hydrogens is 186 g/mol. The van der Waals surface area contributed by atoms with Gasteiger partial charge in [0.25, 0.3) is 0 Å². The Morgan fingerprint density at radius 1 is 1.53 bits per heavy atom. The molecule has 0 amide bonds. The van der Waals surface area contributed by atoms with Gasteiger partial charge in [0, 0.05) is 6.04 Å². The summed E-state index contributed by atoms with van der Waals surface area (Å²) in [5.41, 5.74) is 6.61. The van der Waals surface area contributed by atoms with Gasteiger partial charge in [-0.15, -0.1) is 0 Å². The zero-order valence-electron chi connectivity index (χ0n) is 9.70. The Morgan fingerprint density at radius 3 is 2.67 bits per heavy atom. The molecule has 1 rings (SSSR count). The van der Waals surface area contributed by atoms with E-state index in [2.05, 4.69) is 6.58 Å². The van der Waals surface area contributed by atoms with E-state index in [1.807, 2.05) is 32.1 Å². The number of hydrogen-bond donors (Lipinski definition) is 1. The first kappa shape index (κ1) is 12.1. The van der Waals surface area contributed by atoms with E-state index in [-0.39, 0.29) is 6.04 Å². The first-order chi connectivity index (χ1) is 7.13. The van der Waals surface area contributed by atoms with Crippen molar-refractivity contribution in [1.29, 1.82) is 0 Å². The van der Waals surface area contributed by atoms with Crippen molar-refractivity contribution in [2.24, 2.45) is 11.7 Å². The molecule has 0 aromatic heterocycles. The van der Waals surface area contributed by atoms with Gasteiger partial charge in [-0.25, -0.2) is 0 Å². The van der Waals surface area contributed by atoms with Crippen molar-refractivity contribution < 1.29 is 4.74 Å². The Kier molecular flexibility index (Phi) is 4.63. The summed E-state index contributed by atoms with van der Waals surface area (Å²) >= 11 is 0. The molecule has 0 saturated heterocycles. The Hall–Kier alpha value is -1.02. The van der Waals surface area contributed by atoms with Gasteiger partial charge in [0.2, 0.25) is 0 Å². The van der Waals surface area contributed by atoms with Gasteiger partial charge in [-0.3, -0.25) is 0 Å². The van der Waals surface area contributed by atoms with Gasteiger partial charge < -0.3 is 10.5 Å². The summed E-state index contributed by atoms with van der Waals surface area (Å²) in [5, 5.41) is 0. The lowest BCUT2D eigenvalue weighted by Crippen LogP contribution is -2.15. The summed E-state index contributed by atoms with van der Waals surface area (Å²) < 4.78 is 5.64. The molecule has 2 heteroatoms. The Balaban J connectivity index is 2.34. The van der Waals surface area contributed by atoms with Crippen molar-refractivity contribution in [3.05, 3.63) is 36.1 Å². The zero-order chi connectivity index (χ0) is 11.3. The van der Waals surface area contributed by atoms with E-state index in [0.29, 0.717) is 0 Å². The van der Waals surface area contributed by atoms with E-state index in [1.54, 1.807) is 0 Å². The third kappa shape index (κ3) is 4.84. The van der Waals surface area contributed by atoms with Crippen LogP contribution in [0.25, 0.3) is 0 Å². The summed E-state index contributed by atoms with van der Waals surface area (Å²) in [6, 6.07) is 0.00258. The predicted octanol–water partition coefficient (Wildman–Crippen LogP) is 2.78. The van der Waals surface area contributed by atoms with Crippen molar-refractivity contribution in [3.8, 4) is 0 Å². The Bertz CT molecular complexity index is 272. The second kappa shape index (κ2) is 5.76. The summed E-state index contributed by atoms with van der Waals surface area (Å²) in [4.78, 5) is 0. The number of allylic oxidation sites excluding steroid dienone is 2. The summed E-state index contributed by atoms with van der Waals surface area (Å²) in [5.74, 6) is 1.69. The van der Waals surface area contributed by atoms with Crippen molar-refractivity contribution in [2.45, 2.75) is 32.7 Å². The molecule has 0 aromatic carbocycles. The minimum absolute atomic E-state index is 0.00258. The molecule has 1 aliphatic carbocycles. The molecule has 0 radical (unpaired) electrons. The zero-order valence-corrected chi connectivity index (χ0v) is 9.70. The van der Waals surface area contributed by atoms with Crippen LogP contribution in [0.1, 0.15) is 26.7 Å². The van der Waals surface area contributed by atoms with Gasteiger partial charge in [-0.2, -0.15) is 0 Å². The van der Waals surface area contributed by atoms with E-state index in [9.17, 15) is 0 Å². The lowest BCUT2D eigenvalue weighted by atomic mass is 10.1. The molecule has 1 aliphatic rings. The van der Waals surface area contributed by atoms with E-state index in [4.69, 9.17) is 10.5 Å². The molecule has 0 bridgehead atoms. The second-order valence-electron chi connectivity index (χ2n) is 4.14. The standard InChI is InChI=1S/C13H21NO/c1-4-13(15-9-12-6-7-12)8-5-10(2)11(3)14/h4-5,8,11-12H,2,6-7,9,14H2,1,3H3. The SMILES string of the molecule is C=C(C=CC(=CC)OCC1CC1)C(C)N. The van der Waals surface area contributed by atoms with Gasteiger partial charge in [-0.05, 0) is 50.3 Å². The summed E-state index contributed by atoms with van der Waals surface area (Å²) in [7, 11) is 0. The number of ether oxygens (including phenoxy) is 1. The van der Waals surface area contributed by atoms with E-state index < -0.39 is 0 Å². The fourth-order valence-electron chi connectivity index (χ4n) is 1.07. The van der Waals surface area contributed by atoms with Crippen LogP contribution in [0.5, 0.6) is 0 Å². The van der Waals surface area contributed by atoms with Crippen LogP contribution in [0, 0.1) is 5.92 Å². The highest BCUT2D eigenvalue weighted by Gasteiger charge is 2.21. The predicted molar refractivity (Wildman–Crippen MR) is 64.4 cm³/mol. The average Bonchev–Trinajstić information content (AvgIpc) is 3.01. The average molecular weight is 207 g/mol. The van der Waals surface area contributed by atoms with Crippen LogP contribution in [0.2, 0.25) is 0 Å². The van der Waals surface area contributed by atoms with Gasteiger partial charge in [0.15, 0.2) is 0 Å². The normalized spacial score (nSPS) is 19.3. The van der Waals surface area contributed by atoms with E-state index in [1.165, 1.54) is 12.8 Å². The highest BCUT2D eigenvalue weighted by molar-refractivity contribution is 5.25. The number of hydrogen-bond acceptors (Lipinski definition) is 2. The maximum Gasteiger partial charge on any atom is 0.115 e. The number of nitrogens with two attached hydrogens (primary N) is 1. The summed E-state index contributed by atoms with van der Waals surface area (Å²) in [6.07, 6.45) is 8.45. The highest BCUT2D eigenvalue weighted by atomic mass is 16.5. The van der Waals surface area contributed by atoms with Crippen molar-refractivity contribution >= 4 is 0 Å². The Morgan fingerprint density at radius 2 is 2.20 bits per heavy atom. The lowest BCUT2D eigenvalue weighted by Gasteiger charge is -2.07. The van der Waals surface area contributed by atoms with Gasteiger partial charge >= 0.3 is 0 Å². The topological polar surface area (TPSA) is 35.2 Å². The molecular formula is C13H21NO. The maximum atomic E-state index is 5.68. The molecule has 2 nitrogen and oxygen atoms in total. The third-order valence-electron chi connectivity index (χ3n) is 2.51. The molecule has 1 unspecified atom stereocenters. The van der Waals surface area contributed by atoms with Crippen LogP contribution in [-0.4, -0.2) is 12.6 Å². The molecule has 15 heavy (non-hydrogen) atoms. The van der Waals surface area contributed by atoms with Crippen LogP contribution in [0.15, 0.2) is 36.1 Å². The van der Waals surface area contributed by atoms with Gasteiger partial charge in [-0.1, -0.05) is 12.7 Å². The first-order valence-corrected chi connectivity index (χ1v) is 5.55. The van der Waals surface area contributed by atoms with E-state index in [0.717, 1.165) is 23.9 Å². The molecule has 1 atom stereocenters. The second-order valence-corrected chi connectivity index (χ2v) is 4.14. The van der Waals surface area contributed by atoms with Crippen molar-refractivity contribution in [2.75, 3.05) is 6.61 Å². The molecule has 2 N–H and O–H groups in total. The lowest BCUT2D eigenvalue weighted by molar-refractivity contribution is 0.210. The molecule has 0 spiro atoms. The molecule has 0 aliphatic heterocycles. The fraction of sp³-hybridized carbons (Fsp3) is 0.538. The molecule has 84 valence electrons. The van der Waals surface area contributed by atoms with E-state index >= 15 is 0 Å². The minimum atomic E-state index is 0.00258. The highest BCUT2D eigenvalue weighted by Crippen LogP contribution is 2.29. The van der Waals surface area contributed by atoms with Gasteiger partial charge in [0.05, 0.1) is 6.61 Å². The first-order valence-electron chi connectivity index (χ1n) is 5.55. The minimum Gasteiger partial charge on any atom is -0.494 e. The maximum absolute atomic E-state index is 5.68. The van der Waals surface area contributed by atoms with Gasteiger partial charge in [0.1, 0.15) is 5.76 Å². The Labute approximate surface area is 92.5 Å². The van der Waals surface area contributed by atoms with Crippen molar-refractivity contribution in [3.63, 3.8) is 0 Å². The summed E-state index contributed by atoms with van der Waals surface area (Å²) in [6.45, 7) is 8.61. The smallest absolute Gasteiger partial charge is 0.115 e. The van der Waals surface area contributed by atoms with Crippen LogP contribution >= 0.6 is 0 Å². The molecule has 0 heterocycles. The van der Waals surface area contributed by atoms with Crippen molar-refractivity contribution in [1.82, 2.24) is 0 Å². The molecule has 0 aromatic rings. The van der Waals surface area contributed by atoms with Crippen LogP contribution in [0.4, 0.5) is 0 Å². The molecule has 1 fully saturated rings. The van der Waals surface area contributed by atoms with Crippen LogP contribution in [-0.2, 0) is 4.74 Å². The number of rotatable bonds is 6. The third-order valence-corrected chi connectivity index (χ3v) is 2.51. The molecule has 1 saturated carbocycles. The largest absolute Gasteiger partial charge is 0.494 e. The van der Waals surface area contributed by atoms with Crippen LogP contribution < -0.4 is 5.73 Å². The quantitative estimate of drug-likeness (QED) is 0.537.